The van der Waals surface area contributed by atoms with Gasteiger partial charge in [0.05, 0.1) is 5.75 Å². The highest BCUT2D eigenvalue weighted by Crippen LogP contribution is 2.28. The molecule has 4 nitrogen and oxygen atoms in total. The smallest absolute Gasteiger partial charge is 0.216 e. The molecule has 1 aliphatic carbocycles. The van der Waals surface area contributed by atoms with Gasteiger partial charge in [-0.3, -0.25) is 0 Å². The topological polar surface area (TPSA) is 72.2 Å². The zero-order chi connectivity index (χ0) is 14.6. The van der Waals surface area contributed by atoms with Gasteiger partial charge in [0.15, 0.2) is 0 Å². The molecule has 1 saturated carbocycles. The predicted octanol–water partition coefficient (Wildman–Crippen LogP) is 2.14. The normalized spacial score (nSPS) is 18.3. The van der Waals surface area contributed by atoms with Crippen molar-refractivity contribution in [3.63, 3.8) is 0 Å². The van der Waals surface area contributed by atoms with Crippen LogP contribution in [0.1, 0.15) is 43.7 Å². The summed E-state index contributed by atoms with van der Waals surface area (Å²) < 4.78 is 27.3. The van der Waals surface area contributed by atoms with Crippen molar-refractivity contribution in [2.24, 2.45) is 11.7 Å². The summed E-state index contributed by atoms with van der Waals surface area (Å²) >= 11 is 0. The maximum absolute atomic E-state index is 12.2. The van der Waals surface area contributed by atoms with Gasteiger partial charge in [-0.25, -0.2) is 13.1 Å². The molecule has 1 aliphatic rings. The molecule has 1 fully saturated rings. The van der Waals surface area contributed by atoms with E-state index in [1.165, 1.54) is 12.8 Å². The van der Waals surface area contributed by atoms with Crippen LogP contribution in [0.3, 0.4) is 0 Å². The predicted molar refractivity (Wildman–Crippen MR) is 81.5 cm³/mol. The fourth-order valence-corrected chi connectivity index (χ4v) is 4.40. The first-order valence-electron chi connectivity index (χ1n) is 7.28. The zero-order valence-electron chi connectivity index (χ0n) is 12.0. The van der Waals surface area contributed by atoms with Crippen LogP contribution in [0.5, 0.6) is 0 Å². The van der Waals surface area contributed by atoms with E-state index in [1.54, 1.807) is 0 Å². The monoisotopic (exact) mass is 296 g/mol. The van der Waals surface area contributed by atoms with Crippen molar-refractivity contribution in [2.75, 3.05) is 0 Å². The number of benzene rings is 1. The third-order valence-electron chi connectivity index (χ3n) is 4.06. The van der Waals surface area contributed by atoms with Gasteiger partial charge in [-0.05, 0) is 36.8 Å². The van der Waals surface area contributed by atoms with Gasteiger partial charge in [-0.1, -0.05) is 37.1 Å². The van der Waals surface area contributed by atoms with Crippen molar-refractivity contribution >= 4 is 10.0 Å². The second kappa shape index (κ2) is 6.70. The molecule has 0 heterocycles. The highest BCUT2D eigenvalue weighted by atomic mass is 32.2. The fraction of sp³-hybridized carbons (Fsp3) is 0.600. The van der Waals surface area contributed by atoms with Crippen LogP contribution < -0.4 is 10.5 Å². The zero-order valence-corrected chi connectivity index (χ0v) is 12.8. The van der Waals surface area contributed by atoms with Crippen molar-refractivity contribution in [3.05, 3.63) is 35.4 Å². The van der Waals surface area contributed by atoms with Crippen LogP contribution in [0.25, 0.3) is 0 Å². The molecule has 0 bridgehead atoms. The van der Waals surface area contributed by atoms with Gasteiger partial charge in [0, 0.05) is 12.6 Å². The number of hydrogen-bond donors (Lipinski definition) is 2. The molecule has 112 valence electrons. The Kier molecular flexibility index (Phi) is 5.18. The molecule has 3 N–H and O–H groups in total. The highest BCUT2D eigenvalue weighted by Gasteiger charge is 2.25. The van der Waals surface area contributed by atoms with Crippen molar-refractivity contribution in [2.45, 2.75) is 50.9 Å². The number of sulfonamides is 1. The van der Waals surface area contributed by atoms with E-state index in [2.05, 4.69) is 4.72 Å². The van der Waals surface area contributed by atoms with Crippen molar-refractivity contribution in [1.29, 1.82) is 0 Å². The molecule has 20 heavy (non-hydrogen) atoms. The van der Waals surface area contributed by atoms with E-state index in [0.29, 0.717) is 12.5 Å². The summed E-state index contributed by atoms with van der Waals surface area (Å²) in [5.41, 5.74) is 7.33. The molecule has 1 unspecified atom stereocenters. The molecule has 5 heteroatoms. The maximum Gasteiger partial charge on any atom is 0.216 e. The summed E-state index contributed by atoms with van der Waals surface area (Å²) in [6, 6.07) is 7.48. The molecule has 0 radical (unpaired) electrons. The second-order valence-corrected chi connectivity index (χ2v) is 7.49. The summed E-state index contributed by atoms with van der Waals surface area (Å²) in [5, 5.41) is 0. The van der Waals surface area contributed by atoms with Crippen LogP contribution in [-0.2, 0) is 22.3 Å². The van der Waals surface area contributed by atoms with E-state index >= 15 is 0 Å². The first kappa shape index (κ1) is 15.5. The van der Waals surface area contributed by atoms with Crippen LogP contribution in [0.4, 0.5) is 0 Å². The molecule has 2 rings (SSSR count). The SMILES string of the molecule is CC(NS(=O)(=O)Cc1cccc(CN)c1)C1CCCC1. The summed E-state index contributed by atoms with van der Waals surface area (Å²) in [6.07, 6.45) is 4.70. The Morgan fingerprint density at radius 2 is 1.95 bits per heavy atom. The molecule has 0 amide bonds. The molecule has 1 aromatic rings. The van der Waals surface area contributed by atoms with Gasteiger partial charge >= 0.3 is 0 Å². The van der Waals surface area contributed by atoms with E-state index in [1.807, 2.05) is 31.2 Å². The van der Waals surface area contributed by atoms with Crippen molar-refractivity contribution in [1.82, 2.24) is 4.72 Å². The number of nitrogens with one attached hydrogen (secondary N) is 1. The van der Waals surface area contributed by atoms with Crippen LogP contribution in [0, 0.1) is 5.92 Å². The molecule has 0 saturated heterocycles. The Balaban J connectivity index is 1.99. The van der Waals surface area contributed by atoms with Gasteiger partial charge in [0.25, 0.3) is 0 Å². The Hall–Kier alpha value is -0.910. The first-order chi connectivity index (χ1) is 9.50. The quantitative estimate of drug-likeness (QED) is 0.845. The second-order valence-electron chi connectivity index (χ2n) is 5.73. The third-order valence-corrected chi connectivity index (χ3v) is 5.50. The Labute approximate surface area is 121 Å². The molecule has 1 aromatic carbocycles. The fourth-order valence-electron chi connectivity index (χ4n) is 2.94. The minimum Gasteiger partial charge on any atom is -0.326 e. The maximum atomic E-state index is 12.2. The summed E-state index contributed by atoms with van der Waals surface area (Å²) in [6.45, 7) is 2.41. The number of hydrogen-bond acceptors (Lipinski definition) is 3. The van der Waals surface area contributed by atoms with E-state index in [9.17, 15) is 8.42 Å². The van der Waals surface area contributed by atoms with Crippen LogP contribution in [0.15, 0.2) is 24.3 Å². The van der Waals surface area contributed by atoms with Crippen molar-refractivity contribution < 1.29 is 8.42 Å². The number of rotatable bonds is 6. The largest absolute Gasteiger partial charge is 0.326 e. The van der Waals surface area contributed by atoms with Gasteiger partial charge in [0.2, 0.25) is 10.0 Å². The Morgan fingerprint density at radius 1 is 1.30 bits per heavy atom. The molecular weight excluding hydrogens is 272 g/mol. The van der Waals surface area contributed by atoms with Gasteiger partial charge in [-0.2, -0.15) is 0 Å². The van der Waals surface area contributed by atoms with Crippen LogP contribution in [-0.4, -0.2) is 14.5 Å². The van der Waals surface area contributed by atoms with Gasteiger partial charge < -0.3 is 5.73 Å². The first-order valence-corrected chi connectivity index (χ1v) is 8.93. The Bertz CT molecular complexity index is 537. The lowest BCUT2D eigenvalue weighted by molar-refractivity contribution is 0.424. The van der Waals surface area contributed by atoms with Gasteiger partial charge in [-0.15, -0.1) is 0 Å². The van der Waals surface area contributed by atoms with E-state index in [4.69, 9.17) is 5.73 Å². The lowest BCUT2D eigenvalue weighted by Gasteiger charge is -2.20. The van der Waals surface area contributed by atoms with Crippen molar-refractivity contribution in [3.8, 4) is 0 Å². The third kappa shape index (κ3) is 4.30. The standard InChI is InChI=1S/C15H24N2O2S/c1-12(15-7-2-3-8-15)17-20(18,19)11-14-6-4-5-13(9-14)10-16/h4-6,9,12,15,17H,2-3,7-8,10-11,16H2,1H3. The molecule has 1 atom stereocenters. The minimum atomic E-state index is -3.29. The molecule has 0 aromatic heterocycles. The molecule has 0 spiro atoms. The van der Waals surface area contributed by atoms with Gasteiger partial charge in [0.1, 0.15) is 0 Å². The Morgan fingerprint density at radius 3 is 2.60 bits per heavy atom. The van der Waals surface area contributed by atoms with E-state index in [0.717, 1.165) is 24.0 Å². The average Bonchev–Trinajstić information content (AvgIpc) is 2.91. The summed E-state index contributed by atoms with van der Waals surface area (Å²) in [7, 11) is -3.29. The lowest BCUT2D eigenvalue weighted by atomic mass is 10.0. The van der Waals surface area contributed by atoms with Crippen LogP contribution >= 0.6 is 0 Å². The van der Waals surface area contributed by atoms with E-state index in [-0.39, 0.29) is 11.8 Å². The van der Waals surface area contributed by atoms with Crippen LogP contribution in [0.2, 0.25) is 0 Å². The highest BCUT2D eigenvalue weighted by molar-refractivity contribution is 7.88. The molecular formula is C15H24N2O2S. The number of nitrogens with two attached hydrogens (primary N) is 1. The summed E-state index contributed by atoms with van der Waals surface area (Å²) in [4.78, 5) is 0. The summed E-state index contributed by atoms with van der Waals surface area (Å²) in [5.74, 6) is 0.512. The average molecular weight is 296 g/mol. The lowest BCUT2D eigenvalue weighted by Crippen LogP contribution is -2.37. The minimum absolute atomic E-state index is 0.0257. The molecule has 0 aliphatic heterocycles. The van der Waals surface area contributed by atoms with E-state index < -0.39 is 10.0 Å².